The number of hydrogen-bond donors (Lipinski definition) is 2. The summed E-state index contributed by atoms with van der Waals surface area (Å²) in [7, 11) is -4.14. The molecule has 142 valence electrons. The monoisotopic (exact) mass is 384 g/mol. The summed E-state index contributed by atoms with van der Waals surface area (Å²) >= 11 is 0. The van der Waals surface area contributed by atoms with Crippen LogP contribution in [0.3, 0.4) is 0 Å². The minimum absolute atomic E-state index is 0.364. The zero-order chi connectivity index (χ0) is 19.5. The van der Waals surface area contributed by atoms with Crippen molar-refractivity contribution in [3.05, 3.63) is 30.3 Å². The normalized spacial score (nSPS) is 20.0. The van der Waals surface area contributed by atoms with Crippen molar-refractivity contribution >= 4 is 27.8 Å². The van der Waals surface area contributed by atoms with E-state index < -0.39 is 58.2 Å². The molecule has 0 aromatic heterocycles. The van der Waals surface area contributed by atoms with Crippen LogP contribution in [0.2, 0.25) is 0 Å². The fourth-order valence-corrected chi connectivity index (χ4v) is 4.51. The topological polar surface area (TPSA) is 130 Å². The van der Waals surface area contributed by atoms with E-state index >= 15 is 0 Å². The first-order valence-corrected chi connectivity index (χ1v) is 9.50. The van der Waals surface area contributed by atoms with Gasteiger partial charge in [0.05, 0.1) is 5.75 Å². The van der Waals surface area contributed by atoms with Gasteiger partial charge in [0.1, 0.15) is 17.8 Å². The van der Waals surface area contributed by atoms with E-state index in [1.807, 2.05) is 0 Å². The second-order valence-electron chi connectivity index (χ2n) is 6.16. The highest BCUT2D eigenvalue weighted by Crippen LogP contribution is 2.24. The van der Waals surface area contributed by atoms with Gasteiger partial charge in [0.25, 0.3) is 11.8 Å². The Kier molecular flexibility index (Phi) is 5.86. The van der Waals surface area contributed by atoms with Gasteiger partial charge < -0.3 is 15.2 Å². The molecule has 0 bridgehead atoms. The molecule has 1 fully saturated rings. The van der Waals surface area contributed by atoms with E-state index in [1.54, 1.807) is 30.3 Å². The number of ether oxygens (including phenoxy) is 1. The number of carbonyl (C=O) groups is 3. The maximum atomic E-state index is 12.4. The number of nitrogens with one attached hydrogen (secondary N) is 1. The molecule has 26 heavy (non-hydrogen) atoms. The lowest BCUT2D eigenvalue weighted by atomic mass is 10.0. The van der Waals surface area contributed by atoms with Crippen LogP contribution in [-0.2, 0) is 24.4 Å². The van der Waals surface area contributed by atoms with Gasteiger partial charge in [-0.3, -0.25) is 9.59 Å². The molecule has 1 unspecified atom stereocenters. The van der Waals surface area contributed by atoms with Crippen molar-refractivity contribution in [3.63, 3.8) is 0 Å². The second-order valence-corrected chi connectivity index (χ2v) is 8.05. The summed E-state index contributed by atoms with van der Waals surface area (Å²) in [4.78, 5) is 35.7. The molecule has 9 nitrogen and oxygen atoms in total. The van der Waals surface area contributed by atoms with Gasteiger partial charge in [-0.25, -0.2) is 17.5 Å². The highest BCUT2D eigenvalue weighted by Gasteiger charge is 2.50. The Hall–Kier alpha value is -2.62. The molecule has 2 amide bonds. The van der Waals surface area contributed by atoms with Crippen molar-refractivity contribution in [1.29, 1.82) is 0 Å². The van der Waals surface area contributed by atoms with Crippen LogP contribution in [0, 0.1) is 5.92 Å². The van der Waals surface area contributed by atoms with Crippen LogP contribution in [0.15, 0.2) is 30.3 Å². The first kappa shape index (κ1) is 19.7. The molecule has 0 radical (unpaired) electrons. The molecule has 1 saturated heterocycles. The zero-order valence-electron chi connectivity index (χ0n) is 14.3. The van der Waals surface area contributed by atoms with E-state index in [1.165, 1.54) is 13.8 Å². The fraction of sp³-hybridized carbons (Fsp3) is 0.438. The third-order valence-electron chi connectivity index (χ3n) is 3.78. The number of aliphatic carboxylic acids is 1. The second kappa shape index (κ2) is 7.73. The molecule has 1 heterocycles. The van der Waals surface area contributed by atoms with E-state index in [0.29, 0.717) is 10.1 Å². The van der Waals surface area contributed by atoms with E-state index in [0.717, 1.165) is 0 Å². The minimum Gasteiger partial charge on any atom is -0.484 e. The predicted octanol–water partition coefficient (Wildman–Crippen LogP) is -0.169. The summed E-state index contributed by atoms with van der Waals surface area (Å²) in [5, 5.41) is 11.6. The molecule has 0 spiro atoms. The number of rotatable bonds is 7. The molecule has 10 heteroatoms. The van der Waals surface area contributed by atoms with Gasteiger partial charge in [0, 0.05) is 0 Å². The largest absolute Gasteiger partial charge is 0.484 e. The number of hydrogen-bond acceptors (Lipinski definition) is 6. The summed E-state index contributed by atoms with van der Waals surface area (Å²) in [6, 6.07) is 5.63. The van der Waals surface area contributed by atoms with Crippen molar-refractivity contribution in [1.82, 2.24) is 9.62 Å². The quantitative estimate of drug-likeness (QED) is 0.667. The van der Waals surface area contributed by atoms with Gasteiger partial charge in [-0.2, -0.15) is 0 Å². The third kappa shape index (κ3) is 4.31. The Morgan fingerprint density at radius 3 is 2.46 bits per heavy atom. The average molecular weight is 384 g/mol. The number of carboxylic acids is 1. The Labute approximate surface area is 151 Å². The van der Waals surface area contributed by atoms with Crippen LogP contribution in [0.5, 0.6) is 5.75 Å². The maximum absolute atomic E-state index is 12.4. The molecule has 1 aromatic rings. The lowest BCUT2D eigenvalue weighted by Crippen LogP contribution is -2.50. The van der Waals surface area contributed by atoms with Crippen molar-refractivity contribution in [3.8, 4) is 5.75 Å². The standard InChI is InChI=1S/C16H20N2O7S/c1-10(2)14(16(21)22)18-15(20)12(9-26(18,23)24)17-13(19)8-25-11-6-4-3-5-7-11/h3-7,10,12,14H,8-9H2,1-2H3,(H,17,19)(H,21,22)/t12?,14-/m1/s1. The first-order chi connectivity index (χ1) is 12.1. The number of sulfonamides is 1. The lowest BCUT2D eigenvalue weighted by molar-refractivity contribution is -0.147. The van der Waals surface area contributed by atoms with Gasteiger partial charge in [-0.15, -0.1) is 0 Å². The van der Waals surface area contributed by atoms with Crippen LogP contribution >= 0.6 is 0 Å². The van der Waals surface area contributed by atoms with Crippen LogP contribution in [-0.4, -0.2) is 60.1 Å². The highest BCUT2D eigenvalue weighted by molar-refractivity contribution is 7.90. The molecular formula is C16H20N2O7S. The van der Waals surface area contributed by atoms with E-state index in [2.05, 4.69) is 5.32 Å². The molecular weight excluding hydrogens is 364 g/mol. The number of nitrogens with zero attached hydrogens (tertiary/aromatic N) is 1. The Morgan fingerprint density at radius 1 is 1.31 bits per heavy atom. The van der Waals surface area contributed by atoms with E-state index in [-0.39, 0.29) is 0 Å². The third-order valence-corrected chi connectivity index (χ3v) is 5.54. The number of carbonyl (C=O) groups excluding carboxylic acids is 2. The average Bonchev–Trinajstić information content (AvgIpc) is 2.76. The summed E-state index contributed by atoms with van der Waals surface area (Å²) < 4.78 is 30.1. The Bertz CT molecular complexity index is 792. The summed E-state index contributed by atoms with van der Waals surface area (Å²) in [6.45, 7) is 2.60. The van der Waals surface area contributed by atoms with Gasteiger partial charge in [-0.05, 0) is 18.1 Å². The molecule has 1 aliphatic heterocycles. The summed E-state index contributed by atoms with van der Waals surface area (Å²) in [5.74, 6) is -3.92. The fourth-order valence-electron chi connectivity index (χ4n) is 2.62. The van der Waals surface area contributed by atoms with Gasteiger partial charge in [-0.1, -0.05) is 32.0 Å². The zero-order valence-corrected chi connectivity index (χ0v) is 15.1. The molecule has 2 atom stereocenters. The van der Waals surface area contributed by atoms with Crippen LogP contribution in [0.1, 0.15) is 13.8 Å². The smallest absolute Gasteiger partial charge is 0.327 e. The van der Waals surface area contributed by atoms with Gasteiger partial charge >= 0.3 is 5.97 Å². The molecule has 0 saturated carbocycles. The Morgan fingerprint density at radius 2 is 1.92 bits per heavy atom. The minimum atomic E-state index is -4.14. The van der Waals surface area contributed by atoms with Crippen molar-refractivity contribution in [2.75, 3.05) is 12.4 Å². The number of para-hydroxylation sites is 1. The lowest BCUT2D eigenvalue weighted by Gasteiger charge is -2.26. The SMILES string of the molecule is CC(C)[C@H](C(=O)O)N1C(=O)C(NC(=O)COc2ccccc2)CS1(=O)=O. The molecule has 2 rings (SSSR count). The molecule has 1 aliphatic rings. The van der Waals surface area contributed by atoms with Crippen molar-refractivity contribution in [2.45, 2.75) is 25.9 Å². The van der Waals surface area contributed by atoms with E-state index in [4.69, 9.17) is 4.74 Å². The molecule has 1 aromatic carbocycles. The number of amides is 2. The van der Waals surface area contributed by atoms with Crippen molar-refractivity contribution < 1.29 is 32.6 Å². The van der Waals surface area contributed by atoms with Crippen molar-refractivity contribution in [2.24, 2.45) is 5.92 Å². The Balaban J connectivity index is 2.06. The van der Waals surface area contributed by atoms with Crippen LogP contribution in [0.25, 0.3) is 0 Å². The first-order valence-electron chi connectivity index (χ1n) is 7.89. The highest BCUT2D eigenvalue weighted by atomic mass is 32.2. The predicted molar refractivity (Wildman–Crippen MR) is 90.8 cm³/mol. The number of carboxylic acid groups (broad SMARTS) is 1. The summed E-state index contributed by atoms with van der Waals surface area (Å²) in [5.41, 5.74) is 0. The van der Waals surface area contributed by atoms with E-state index in [9.17, 15) is 27.9 Å². The van der Waals surface area contributed by atoms with Gasteiger partial charge in [0.15, 0.2) is 6.61 Å². The van der Waals surface area contributed by atoms with Crippen LogP contribution in [0.4, 0.5) is 0 Å². The van der Waals surface area contributed by atoms with Gasteiger partial charge in [0.2, 0.25) is 10.0 Å². The molecule has 2 N–H and O–H groups in total. The number of benzene rings is 1. The van der Waals surface area contributed by atoms with Crippen LogP contribution < -0.4 is 10.1 Å². The summed E-state index contributed by atoms with van der Waals surface area (Å²) in [6.07, 6.45) is 0. The maximum Gasteiger partial charge on any atom is 0.327 e. The molecule has 0 aliphatic carbocycles.